The average molecular weight is 556 g/mol. The second-order valence-electron chi connectivity index (χ2n) is 11.5. The van der Waals surface area contributed by atoms with Crippen molar-refractivity contribution in [1.82, 2.24) is 20.5 Å². The van der Waals surface area contributed by atoms with Gasteiger partial charge in [-0.15, -0.1) is 0 Å². The predicted molar refractivity (Wildman–Crippen MR) is 151 cm³/mol. The van der Waals surface area contributed by atoms with Crippen molar-refractivity contribution in [3.05, 3.63) is 58.4 Å². The number of imide groups is 1. The molecule has 0 saturated carbocycles. The topological polar surface area (TPSA) is 127 Å². The lowest BCUT2D eigenvalue weighted by Crippen LogP contribution is -2.52. The fourth-order valence-electron chi connectivity index (χ4n) is 5.11. The summed E-state index contributed by atoms with van der Waals surface area (Å²) < 4.78 is 12.2. The van der Waals surface area contributed by atoms with Crippen LogP contribution in [0.3, 0.4) is 0 Å². The van der Waals surface area contributed by atoms with Crippen molar-refractivity contribution >= 4 is 36.2 Å². The zero-order valence-electron chi connectivity index (χ0n) is 23.9. The molecule has 2 fully saturated rings. The Morgan fingerprint density at radius 2 is 1.88 bits per heavy atom. The molecule has 10 nitrogen and oxygen atoms in total. The molecular formula is C30H33BN4O6. The molecule has 0 spiro atoms. The van der Waals surface area contributed by atoms with Crippen LogP contribution < -0.4 is 16.1 Å². The van der Waals surface area contributed by atoms with Gasteiger partial charge in [-0.2, -0.15) is 0 Å². The normalized spacial score (nSPS) is 20.8. The smallest absolute Gasteiger partial charge is 0.399 e. The van der Waals surface area contributed by atoms with Gasteiger partial charge in [0.05, 0.1) is 11.2 Å². The van der Waals surface area contributed by atoms with Crippen molar-refractivity contribution in [3.63, 3.8) is 0 Å². The van der Waals surface area contributed by atoms with Gasteiger partial charge in [-0.05, 0) is 64.8 Å². The summed E-state index contributed by atoms with van der Waals surface area (Å²) in [5.41, 5.74) is 2.79. The summed E-state index contributed by atoms with van der Waals surface area (Å²) in [6.07, 6.45) is 0.903. The van der Waals surface area contributed by atoms with E-state index in [1.807, 2.05) is 46.8 Å². The van der Waals surface area contributed by atoms with Gasteiger partial charge in [-0.25, -0.2) is 4.98 Å². The summed E-state index contributed by atoms with van der Waals surface area (Å²) in [4.78, 5) is 55.5. The van der Waals surface area contributed by atoms with E-state index in [0.717, 1.165) is 11.0 Å². The Morgan fingerprint density at radius 1 is 1.15 bits per heavy atom. The first-order chi connectivity index (χ1) is 19.4. The molecule has 1 atom stereocenters. The van der Waals surface area contributed by atoms with Crippen LogP contribution in [0.5, 0.6) is 0 Å². The fraction of sp³-hybridized carbons (Fsp3) is 0.433. The molecule has 5 rings (SSSR count). The minimum Gasteiger partial charge on any atom is -0.399 e. The van der Waals surface area contributed by atoms with E-state index in [1.165, 1.54) is 4.90 Å². The predicted octanol–water partition coefficient (Wildman–Crippen LogP) is 1.62. The third-order valence-corrected chi connectivity index (χ3v) is 8.21. The van der Waals surface area contributed by atoms with Crippen LogP contribution in [0.15, 0.2) is 30.3 Å². The molecule has 41 heavy (non-hydrogen) atoms. The molecule has 4 heterocycles. The molecular weight excluding hydrogens is 523 g/mol. The van der Waals surface area contributed by atoms with Gasteiger partial charge in [0.15, 0.2) is 0 Å². The summed E-state index contributed by atoms with van der Waals surface area (Å²) in [6.45, 7) is 10.4. The highest BCUT2D eigenvalue weighted by molar-refractivity contribution is 6.62. The molecule has 2 N–H and O–H groups in total. The highest BCUT2D eigenvalue weighted by atomic mass is 16.7. The summed E-state index contributed by atoms with van der Waals surface area (Å²) in [5, 5.41) is 5.16. The molecule has 3 aliphatic rings. The highest BCUT2D eigenvalue weighted by Gasteiger charge is 2.52. The Kier molecular flexibility index (Phi) is 7.49. The largest absolute Gasteiger partial charge is 0.496 e. The second-order valence-corrected chi connectivity index (χ2v) is 11.5. The number of amides is 4. The van der Waals surface area contributed by atoms with Crippen molar-refractivity contribution in [2.24, 2.45) is 0 Å². The SMILES string of the molecule is Cc1nc(C(=O)NCCC#Cc2cccc3c2CN(C2CCC(=O)NC2=O)C3=O)ccc1B1OC(C)(C)C(C)(C)O1. The molecule has 2 aromatic rings. The number of carbonyl (C=O) groups is 4. The number of hydrogen-bond donors (Lipinski definition) is 2. The Hall–Kier alpha value is -4.01. The maximum atomic E-state index is 13.0. The number of aryl methyl sites for hydroxylation is 1. The van der Waals surface area contributed by atoms with Gasteiger partial charge in [0.1, 0.15) is 11.7 Å². The molecule has 1 unspecified atom stereocenters. The number of carbonyl (C=O) groups excluding carboxylic acids is 4. The third kappa shape index (κ3) is 5.50. The summed E-state index contributed by atoms with van der Waals surface area (Å²) >= 11 is 0. The van der Waals surface area contributed by atoms with Crippen LogP contribution in [0.2, 0.25) is 0 Å². The van der Waals surface area contributed by atoms with E-state index < -0.39 is 30.3 Å². The number of rotatable bonds is 5. The maximum Gasteiger partial charge on any atom is 0.496 e. The number of hydrogen-bond acceptors (Lipinski definition) is 7. The lowest BCUT2D eigenvalue weighted by atomic mass is 9.78. The lowest BCUT2D eigenvalue weighted by molar-refractivity contribution is -0.136. The first kappa shape index (κ1) is 28.5. The van der Waals surface area contributed by atoms with Gasteiger partial charge < -0.3 is 19.5 Å². The number of nitrogens with zero attached hydrogens (tertiary/aromatic N) is 2. The zero-order valence-corrected chi connectivity index (χ0v) is 23.9. The van der Waals surface area contributed by atoms with E-state index in [1.54, 1.807) is 18.2 Å². The summed E-state index contributed by atoms with van der Waals surface area (Å²) in [5.74, 6) is 4.86. The van der Waals surface area contributed by atoms with Crippen LogP contribution >= 0.6 is 0 Å². The van der Waals surface area contributed by atoms with Crippen LogP contribution in [-0.2, 0) is 25.4 Å². The second kappa shape index (κ2) is 10.8. The first-order valence-electron chi connectivity index (χ1n) is 13.7. The van der Waals surface area contributed by atoms with Crippen molar-refractivity contribution in [2.45, 2.75) is 77.7 Å². The third-order valence-electron chi connectivity index (χ3n) is 8.21. The van der Waals surface area contributed by atoms with Crippen LogP contribution in [0.1, 0.15) is 84.6 Å². The van der Waals surface area contributed by atoms with Crippen molar-refractivity contribution in [3.8, 4) is 11.8 Å². The zero-order chi connectivity index (χ0) is 29.5. The molecule has 3 aliphatic heterocycles. The van der Waals surface area contributed by atoms with Crippen molar-refractivity contribution in [2.75, 3.05) is 6.54 Å². The Bertz CT molecular complexity index is 1490. The number of aromatic nitrogens is 1. The average Bonchev–Trinajstić information content (AvgIpc) is 3.35. The molecule has 1 aromatic carbocycles. The van der Waals surface area contributed by atoms with E-state index in [-0.39, 0.29) is 30.7 Å². The van der Waals surface area contributed by atoms with Crippen LogP contribution in [0, 0.1) is 18.8 Å². The molecule has 0 aliphatic carbocycles. The van der Waals surface area contributed by atoms with Gasteiger partial charge in [0, 0.05) is 48.2 Å². The fourth-order valence-corrected chi connectivity index (χ4v) is 5.11. The van der Waals surface area contributed by atoms with Crippen LogP contribution in [-0.4, -0.2) is 64.4 Å². The minimum atomic E-state index is -0.674. The van der Waals surface area contributed by atoms with E-state index in [2.05, 4.69) is 27.5 Å². The number of nitrogens with one attached hydrogen (secondary N) is 2. The highest BCUT2D eigenvalue weighted by Crippen LogP contribution is 2.36. The monoisotopic (exact) mass is 556 g/mol. The van der Waals surface area contributed by atoms with E-state index in [9.17, 15) is 19.2 Å². The van der Waals surface area contributed by atoms with Gasteiger partial charge in [-0.1, -0.05) is 24.0 Å². The van der Waals surface area contributed by atoms with Gasteiger partial charge in [0.25, 0.3) is 11.8 Å². The van der Waals surface area contributed by atoms with Crippen molar-refractivity contribution in [1.29, 1.82) is 0 Å². The van der Waals surface area contributed by atoms with E-state index in [4.69, 9.17) is 9.31 Å². The Morgan fingerprint density at radius 3 is 2.56 bits per heavy atom. The summed E-state index contributed by atoms with van der Waals surface area (Å²) in [6, 6.07) is 8.12. The molecule has 4 amide bonds. The maximum absolute atomic E-state index is 13.0. The van der Waals surface area contributed by atoms with Gasteiger partial charge in [-0.3, -0.25) is 24.5 Å². The molecule has 212 valence electrons. The Labute approximate surface area is 239 Å². The van der Waals surface area contributed by atoms with Gasteiger partial charge in [0.2, 0.25) is 11.8 Å². The quantitative estimate of drug-likeness (QED) is 0.248. The number of piperidine rings is 1. The van der Waals surface area contributed by atoms with E-state index >= 15 is 0 Å². The number of pyridine rings is 1. The molecule has 11 heteroatoms. The number of benzene rings is 1. The lowest BCUT2D eigenvalue weighted by Gasteiger charge is -2.32. The Balaban J connectivity index is 1.17. The summed E-state index contributed by atoms with van der Waals surface area (Å²) in [7, 11) is -0.550. The molecule has 1 aromatic heterocycles. The van der Waals surface area contributed by atoms with Crippen LogP contribution in [0.4, 0.5) is 0 Å². The van der Waals surface area contributed by atoms with Crippen molar-refractivity contribution < 1.29 is 28.5 Å². The molecule has 0 radical (unpaired) electrons. The van der Waals surface area contributed by atoms with E-state index in [0.29, 0.717) is 41.9 Å². The van der Waals surface area contributed by atoms with Gasteiger partial charge >= 0.3 is 7.12 Å². The number of fused-ring (bicyclic) bond motifs is 1. The molecule has 2 saturated heterocycles. The van der Waals surface area contributed by atoms with Crippen LogP contribution in [0.25, 0.3) is 0 Å². The minimum absolute atomic E-state index is 0.203. The first-order valence-corrected chi connectivity index (χ1v) is 13.7. The molecule has 0 bridgehead atoms. The standard InChI is InChI=1S/C30H33BN4O6/c1-18-22(31-40-29(2,3)30(4,5)41-31)12-13-23(33-18)26(37)32-16-7-6-9-19-10-8-11-20-21(19)17-35(28(20)39)24-14-15-25(36)34-27(24)38/h8,10-13,24H,7,14-17H2,1-5H3,(H,32,37)(H,34,36,38).